The summed E-state index contributed by atoms with van der Waals surface area (Å²) in [6.45, 7) is 2.01. The van der Waals surface area contributed by atoms with Crippen LogP contribution >= 0.6 is 0 Å². The fraction of sp³-hybridized carbons (Fsp3) is 0.100. The Kier molecular flexibility index (Phi) is 4.04. The van der Waals surface area contributed by atoms with Crippen molar-refractivity contribution >= 4 is 0 Å². The normalized spacial score (nSPS) is 15.8. The molecule has 122 valence electrons. The fourth-order valence-corrected chi connectivity index (χ4v) is 2.56. The maximum Gasteiger partial charge on any atom is 0.178 e. The second-order valence-electron chi connectivity index (χ2n) is 5.76. The van der Waals surface area contributed by atoms with Crippen LogP contribution < -0.4 is 0 Å². The third kappa shape index (κ3) is 3.30. The van der Waals surface area contributed by atoms with Crippen LogP contribution in [0.25, 0.3) is 28.2 Å². The van der Waals surface area contributed by atoms with Gasteiger partial charge in [0.15, 0.2) is 5.82 Å². The van der Waals surface area contributed by atoms with E-state index >= 15 is 0 Å². The molecule has 0 spiro atoms. The first-order chi connectivity index (χ1) is 12.3. The zero-order valence-electron chi connectivity index (χ0n) is 13.7. The Labute approximate surface area is 146 Å². The summed E-state index contributed by atoms with van der Waals surface area (Å²) in [4.78, 5) is 18.3. The lowest BCUT2D eigenvalue weighted by molar-refractivity contribution is 0.936. The highest BCUT2D eigenvalue weighted by Crippen LogP contribution is 2.29. The molecule has 0 bridgehead atoms. The number of aromatic nitrogens is 4. The van der Waals surface area contributed by atoms with Crippen LogP contribution in [0.15, 0.2) is 73.2 Å². The van der Waals surface area contributed by atoms with Gasteiger partial charge in [-0.25, -0.2) is 9.97 Å². The quantitative estimate of drug-likeness (QED) is 0.715. The van der Waals surface area contributed by atoms with Gasteiger partial charge in [0.1, 0.15) is 5.69 Å². The lowest BCUT2D eigenvalue weighted by Crippen LogP contribution is -2.04. The van der Waals surface area contributed by atoms with Crippen molar-refractivity contribution < 1.29 is 0 Å². The molecule has 0 fully saturated rings. The van der Waals surface area contributed by atoms with E-state index in [2.05, 4.69) is 20.3 Å². The standard InChI is InChI=1S/C20H16N5/c1-14-8-9-17(23-13-14)20-24-18(15-6-2-4-10-21-15)12-19(25-20)16-7-3-5-11-22-16/h2-13,15H,1H3/q-1. The first kappa shape index (κ1) is 15.2. The van der Waals surface area contributed by atoms with Crippen LogP contribution in [0, 0.1) is 6.92 Å². The molecule has 3 aromatic heterocycles. The predicted octanol–water partition coefficient (Wildman–Crippen LogP) is 4.41. The van der Waals surface area contributed by atoms with E-state index in [1.807, 2.05) is 67.7 Å². The smallest absolute Gasteiger partial charge is 0.178 e. The number of hydrogen-bond donors (Lipinski definition) is 0. The van der Waals surface area contributed by atoms with Crippen LogP contribution in [0.4, 0.5) is 0 Å². The lowest BCUT2D eigenvalue weighted by Gasteiger charge is -2.28. The summed E-state index contributed by atoms with van der Waals surface area (Å²) in [5.41, 5.74) is 4.23. The van der Waals surface area contributed by atoms with Crippen LogP contribution in [0.1, 0.15) is 17.3 Å². The molecule has 1 aliphatic heterocycles. The minimum Gasteiger partial charge on any atom is -0.680 e. The predicted molar refractivity (Wildman–Crippen MR) is 97.6 cm³/mol. The second-order valence-corrected chi connectivity index (χ2v) is 5.76. The van der Waals surface area contributed by atoms with Crippen LogP contribution in [0.3, 0.4) is 0 Å². The van der Waals surface area contributed by atoms with Crippen molar-refractivity contribution in [1.82, 2.24) is 19.9 Å². The maximum atomic E-state index is 4.70. The van der Waals surface area contributed by atoms with E-state index in [9.17, 15) is 0 Å². The molecule has 0 radical (unpaired) electrons. The Bertz CT molecular complexity index is 930. The van der Waals surface area contributed by atoms with Gasteiger partial charge in [0.05, 0.1) is 11.4 Å². The second kappa shape index (κ2) is 6.65. The Hall–Kier alpha value is -3.34. The van der Waals surface area contributed by atoms with E-state index < -0.39 is 0 Å². The molecule has 0 saturated carbocycles. The Balaban J connectivity index is 1.84. The van der Waals surface area contributed by atoms with Crippen LogP contribution in [-0.4, -0.2) is 19.9 Å². The molecular weight excluding hydrogens is 310 g/mol. The molecule has 0 N–H and O–H groups in total. The third-order valence-electron chi connectivity index (χ3n) is 3.85. The van der Waals surface area contributed by atoms with Crippen molar-refractivity contribution in [3.63, 3.8) is 0 Å². The minimum atomic E-state index is -0.125. The van der Waals surface area contributed by atoms with E-state index in [1.165, 1.54) is 0 Å². The van der Waals surface area contributed by atoms with Gasteiger partial charge >= 0.3 is 0 Å². The van der Waals surface area contributed by atoms with Crippen molar-refractivity contribution in [2.24, 2.45) is 0 Å². The van der Waals surface area contributed by atoms with Gasteiger partial charge in [-0.05, 0) is 36.8 Å². The molecule has 0 saturated heterocycles. The lowest BCUT2D eigenvalue weighted by atomic mass is 10.1. The van der Waals surface area contributed by atoms with Crippen molar-refractivity contribution in [1.29, 1.82) is 0 Å². The minimum absolute atomic E-state index is 0.125. The highest BCUT2D eigenvalue weighted by molar-refractivity contribution is 5.60. The van der Waals surface area contributed by atoms with Gasteiger partial charge in [-0.1, -0.05) is 36.4 Å². The number of hydrogen-bond acceptors (Lipinski definition) is 4. The van der Waals surface area contributed by atoms with Crippen molar-refractivity contribution in [2.45, 2.75) is 13.0 Å². The summed E-state index contributed by atoms with van der Waals surface area (Å²) in [5, 5.41) is 4.48. The molecular formula is C20H16N5-. The third-order valence-corrected chi connectivity index (χ3v) is 3.85. The molecule has 5 nitrogen and oxygen atoms in total. The van der Waals surface area contributed by atoms with Gasteiger partial charge in [-0.2, -0.15) is 6.20 Å². The molecule has 1 aliphatic rings. The number of nitrogens with zero attached hydrogens (tertiary/aromatic N) is 5. The summed E-state index contributed by atoms with van der Waals surface area (Å²) in [7, 11) is 0. The van der Waals surface area contributed by atoms with Crippen molar-refractivity contribution in [3.05, 3.63) is 89.8 Å². The summed E-state index contributed by atoms with van der Waals surface area (Å²) < 4.78 is 0. The van der Waals surface area contributed by atoms with Gasteiger partial charge in [0, 0.05) is 18.1 Å². The monoisotopic (exact) mass is 326 g/mol. The van der Waals surface area contributed by atoms with Gasteiger partial charge in [-0.3, -0.25) is 9.97 Å². The van der Waals surface area contributed by atoms with Gasteiger partial charge in [0.2, 0.25) is 0 Å². The average Bonchev–Trinajstić information content (AvgIpc) is 2.69. The fourth-order valence-electron chi connectivity index (χ4n) is 2.56. The Morgan fingerprint density at radius 3 is 2.60 bits per heavy atom. The molecule has 25 heavy (non-hydrogen) atoms. The van der Waals surface area contributed by atoms with E-state index in [1.54, 1.807) is 12.4 Å². The summed E-state index contributed by atoms with van der Waals surface area (Å²) in [6.07, 6.45) is 11.3. The molecule has 3 aromatic rings. The zero-order valence-corrected chi connectivity index (χ0v) is 13.7. The summed E-state index contributed by atoms with van der Waals surface area (Å²) in [6, 6.07) is 11.5. The summed E-state index contributed by atoms with van der Waals surface area (Å²) >= 11 is 0. The van der Waals surface area contributed by atoms with E-state index in [0.717, 1.165) is 28.3 Å². The SMILES string of the molecule is Cc1ccc(-c2nc(-c3ccccn3)cc(C3C=CC=C[N-]3)n2)nc1. The van der Waals surface area contributed by atoms with Crippen LogP contribution in [0.2, 0.25) is 0 Å². The van der Waals surface area contributed by atoms with Gasteiger partial charge in [-0.15, -0.1) is 0 Å². The molecule has 1 atom stereocenters. The topological polar surface area (TPSA) is 65.7 Å². The molecule has 0 amide bonds. The first-order valence-corrected chi connectivity index (χ1v) is 8.06. The number of aryl methyl sites for hydroxylation is 1. The Morgan fingerprint density at radius 2 is 1.88 bits per heavy atom. The molecule has 4 heterocycles. The van der Waals surface area contributed by atoms with Crippen molar-refractivity contribution in [3.8, 4) is 22.9 Å². The maximum absolute atomic E-state index is 4.70. The average molecular weight is 326 g/mol. The first-order valence-electron chi connectivity index (χ1n) is 8.06. The van der Waals surface area contributed by atoms with Crippen molar-refractivity contribution in [2.75, 3.05) is 0 Å². The Morgan fingerprint density at radius 1 is 0.920 bits per heavy atom. The number of allylic oxidation sites excluding steroid dienone is 2. The molecule has 1 unspecified atom stereocenters. The highest BCUT2D eigenvalue weighted by atomic mass is 15.0. The number of pyridine rings is 2. The molecule has 5 heteroatoms. The highest BCUT2D eigenvalue weighted by Gasteiger charge is 2.12. The van der Waals surface area contributed by atoms with E-state index in [4.69, 9.17) is 4.98 Å². The van der Waals surface area contributed by atoms with Crippen LogP contribution in [-0.2, 0) is 0 Å². The van der Waals surface area contributed by atoms with Gasteiger partial charge in [0.25, 0.3) is 0 Å². The largest absolute Gasteiger partial charge is 0.680 e. The van der Waals surface area contributed by atoms with Crippen LogP contribution in [0.5, 0.6) is 0 Å². The molecule has 4 rings (SSSR count). The zero-order chi connectivity index (χ0) is 17.1. The van der Waals surface area contributed by atoms with E-state index in [0.29, 0.717) is 5.82 Å². The molecule has 0 aliphatic carbocycles. The van der Waals surface area contributed by atoms with E-state index in [-0.39, 0.29) is 6.04 Å². The molecule has 0 aromatic carbocycles. The number of rotatable bonds is 3. The summed E-state index contributed by atoms with van der Waals surface area (Å²) in [5.74, 6) is 0.580. The van der Waals surface area contributed by atoms with Gasteiger partial charge < -0.3 is 5.32 Å².